The lowest BCUT2D eigenvalue weighted by atomic mass is 9.87. The van der Waals surface area contributed by atoms with Crippen molar-refractivity contribution >= 4 is 18.3 Å². The van der Waals surface area contributed by atoms with Gasteiger partial charge in [0, 0.05) is 25.6 Å². The Hall–Kier alpha value is -2.11. The van der Waals surface area contributed by atoms with E-state index in [0.717, 1.165) is 19.6 Å². The van der Waals surface area contributed by atoms with Crippen LogP contribution in [0.5, 0.6) is 5.75 Å². The molecular weight excluding hydrogens is 338 g/mol. The van der Waals surface area contributed by atoms with Crippen LogP contribution >= 0.6 is 12.4 Å². The van der Waals surface area contributed by atoms with Crippen molar-refractivity contribution in [1.82, 2.24) is 15.2 Å². The summed E-state index contributed by atoms with van der Waals surface area (Å²) in [4.78, 5) is 19.1. The normalized spacial score (nSPS) is 24.7. The van der Waals surface area contributed by atoms with Gasteiger partial charge in [-0.2, -0.15) is 0 Å². The van der Waals surface area contributed by atoms with Gasteiger partial charge < -0.3 is 15.3 Å². The number of nitrogens with one attached hydrogen (secondary N) is 1. The van der Waals surface area contributed by atoms with E-state index >= 15 is 0 Å². The zero-order valence-corrected chi connectivity index (χ0v) is 14.9. The lowest BCUT2D eigenvalue weighted by molar-refractivity contribution is 0.0707. The number of aryl methyl sites for hydroxylation is 1. The molecule has 0 aliphatic carbocycles. The molecule has 2 aromatic rings. The lowest BCUT2D eigenvalue weighted by Gasteiger charge is -2.29. The minimum absolute atomic E-state index is 0. The Bertz CT molecular complexity index is 766. The second-order valence-electron chi connectivity index (χ2n) is 6.74. The molecule has 1 aromatic heterocycles. The fraction of sp³-hybridized carbons (Fsp3) is 0.368. The van der Waals surface area contributed by atoms with Gasteiger partial charge in [-0.15, -0.1) is 12.4 Å². The lowest BCUT2D eigenvalue weighted by Crippen LogP contribution is -2.35. The molecule has 5 nitrogen and oxygen atoms in total. The number of amides is 1. The van der Waals surface area contributed by atoms with Crippen LogP contribution < -0.4 is 5.32 Å². The van der Waals surface area contributed by atoms with E-state index in [2.05, 4.69) is 29.4 Å². The maximum absolute atomic E-state index is 13.0. The monoisotopic (exact) mass is 359 g/mol. The molecule has 0 radical (unpaired) electrons. The third-order valence-corrected chi connectivity index (χ3v) is 5.30. The quantitative estimate of drug-likeness (QED) is 0.864. The number of halogens is 1. The van der Waals surface area contributed by atoms with Crippen LogP contribution in [-0.4, -0.2) is 40.5 Å². The molecule has 3 atom stereocenters. The van der Waals surface area contributed by atoms with Crippen molar-refractivity contribution in [3.05, 3.63) is 59.4 Å². The summed E-state index contributed by atoms with van der Waals surface area (Å²) < 4.78 is 0. The van der Waals surface area contributed by atoms with E-state index in [1.54, 1.807) is 6.07 Å². The number of likely N-dealkylation sites (tertiary alicyclic amines) is 1. The van der Waals surface area contributed by atoms with Crippen molar-refractivity contribution in [3.63, 3.8) is 0 Å². The van der Waals surface area contributed by atoms with Crippen molar-refractivity contribution in [2.75, 3.05) is 19.6 Å². The Balaban J connectivity index is 0.00000182. The van der Waals surface area contributed by atoms with Gasteiger partial charge in [0.05, 0.1) is 12.2 Å². The molecule has 3 heterocycles. The third-order valence-electron chi connectivity index (χ3n) is 5.30. The number of aromatic nitrogens is 1. The van der Waals surface area contributed by atoms with Gasteiger partial charge in [0.25, 0.3) is 5.91 Å². The first-order chi connectivity index (χ1) is 11.6. The fourth-order valence-corrected chi connectivity index (χ4v) is 4.11. The molecule has 132 valence electrons. The maximum Gasteiger partial charge on any atom is 0.272 e. The average Bonchev–Trinajstić information content (AvgIpc) is 3.16. The third kappa shape index (κ3) is 3.10. The van der Waals surface area contributed by atoms with Crippen molar-refractivity contribution < 1.29 is 9.90 Å². The molecule has 2 fully saturated rings. The Morgan fingerprint density at radius 2 is 2.04 bits per heavy atom. The van der Waals surface area contributed by atoms with Gasteiger partial charge in [-0.25, -0.2) is 4.98 Å². The Labute approximate surface area is 153 Å². The highest BCUT2D eigenvalue weighted by Gasteiger charge is 2.47. The van der Waals surface area contributed by atoms with Crippen LogP contribution in [0.3, 0.4) is 0 Å². The van der Waals surface area contributed by atoms with E-state index in [0.29, 0.717) is 17.5 Å². The molecule has 1 amide bonds. The van der Waals surface area contributed by atoms with Crippen molar-refractivity contribution in [2.24, 2.45) is 11.8 Å². The van der Waals surface area contributed by atoms with Crippen molar-refractivity contribution in [2.45, 2.75) is 13.0 Å². The van der Waals surface area contributed by atoms with Crippen LogP contribution in [0.15, 0.2) is 42.6 Å². The summed E-state index contributed by atoms with van der Waals surface area (Å²) >= 11 is 0. The van der Waals surface area contributed by atoms with Crippen molar-refractivity contribution in [3.8, 4) is 5.75 Å². The molecule has 4 rings (SSSR count). The zero-order valence-electron chi connectivity index (χ0n) is 14.1. The highest BCUT2D eigenvalue weighted by Crippen LogP contribution is 2.44. The van der Waals surface area contributed by atoms with Crippen molar-refractivity contribution in [1.29, 1.82) is 0 Å². The second kappa shape index (κ2) is 7.02. The summed E-state index contributed by atoms with van der Waals surface area (Å²) in [5, 5.41) is 12.9. The summed E-state index contributed by atoms with van der Waals surface area (Å²) in [6, 6.07) is 11.5. The number of hydrogen-bond acceptors (Lipinski definition) is 4. The summed E-state index contributed by atoms with van der Waals surface area (Å²) in [7, 11) is 0. The Kier molecular flexibility index (Phi) is 4.97. The molecule has 25 heavy (non-hydrogen) atoms. The number of rotatable bonds is 2. The number of hydrogen-bond donors (Lipinski definition) is 2. The highest BCUT2D eigenvalue weighted by atomic mass is 35.5. The molecule has 2 saturated heterocycles. The molecule has 0 unspecified atom stereocenters. The standard InChI is InChI=1S/C19H21N3O2.ClH/c1-12-4-2-3-5-15(12)18-16-10-20-8-13(16)11-22(18)19(24)17-7-6-14(23)9-21-17;/h2-7,9,13,16,18,20,23H,8,10-11H2,1H3;1H/t13-,16-,18+;/m0./s1. The van der Waals surface area contributed by atoms with E-state index < -0.39 is 0 Å². The smallest absolute Gasteiger partial charge is 0.272 e. The van der Waals surface area contributed by atoms with Crippen LogP contribution in [-0.2, 0) is 0 Å². The number of carbonyl (C=O) groups is 1. The highest BCUT2D eigenvalue weighted by molar-refractivity contribution is 5.93. The fourth-order valence-electron chi connectivity index (χ4n) is 4.11. The molecule has 0 spiro atoms. The predicted molar refractivity (Wildman–Crippen MR) is 98.0 cm³/mol. The first-order valence-corrected chi connectivity index (χ1v) is 8.37. The second-order valence-corrected chi connectivity index (χ2v) is 6.74. The van der Waals surface area contributed by atoms with Gasteiger partial charge >= 0.3 is 0 Å². The molecular formula is C19H22ClN3O2. The van der Waals surface area contributed by atoms with E-state index in [9.17, 15) is 9.90 Å². The van der Waals surface area contributed by atoms with E-state index in [1.807, 2.05) is 17.0 Å². The minimum Gasteiger partial charge on any atom is -0.506 e. The van der Waals surface area contributed by atoms with Crippen LogP contribution in [0.4, 0.5) is 0 Å². The number of carbonyl (C=O) groups excluding carboxylic acids is 1. The average molecular weight is 360 g/mol. The Morgan fingerprint density at radius 1 is 1.24 bits per heavy atom. The van der Waals surface area contributed by atoms with Gasteiger partial charge in [0.1, 0.15) is 11.4 Å². The SMILES string of the molecule is Cc1ccccc1[C@@H]1[C@H]2CNC[C@H]2CN1C(=O)c1ccc(O)cn1.Cl. The first kappa shape index (κ1) is 17.7. The predicted octanol–water partition coefficient (Wildman–Crippen LogP) is 2.55. The van der Waals surface area contributed by atoms with Gasteiger partial charge in [-0.1, -0.05) is 24.3 Å². The summed E-state index contributed by atoms with van der Waals surface area (Å²) in [5.41, 5.74) is 2.83. The van der Waals surface area contributed by atoms with Crippen LogP contribution in [0.25, 0.3) is 0 Å². The molecule has 2 N–H and O–H groups in total. The van der Waals surface area contributed by atoms with E-state index in [1.165, 1.54) is 23.4 Å². The molecule has 2 aliphatic heterocycles. The number of nitrogens with zero attached hydrogens (tertiary/aromatic N) is 2. The van der Waals surface area contributed by atoms with Gasteiger partial charge in [-0.05, 0) is 36.1 Å². The summed E-state index contributed by atoms with van der Waals surface area (Å²) in [6.45, 7) is 4.75. The molecule has 0 bridgehead atoms. The first-order valence-electron chi connectivity index (χ1n) is 8.37. The van der Waals surface area contributed by atoms with Gasteiger partial charge in [0.2, 0.25) is 0 Å². The Morgan fingerprint density at radius 3 is 2.76 bits per heavy atom. The molecule has 1 aromatic carbocycles. The van der Waals surface area contributed by atoms with E-state index in [4.69, 9.17) is 0 Å². The number of aromatic hydroxyl groups is 1. The number of pyridine rings is 1. The maximum atomic E-state index is 13.0. The van der Waals surface area contributed by atoms with Crippen LogP contribution in [0.1, 0.15) is 27.7 Å². The molecule has 6 heteroatoms. The topological polar surface area (TPSA) is 65.5 Å². The molecule has 0 saturated carbocycles. The zero-order chi connectivity index (χ0) is 16.7. The molecule has 2 aliphatic rings. The van der Waals surface area contributed by atoms with Gasteiger partial charge in [-0.3, -0.25) is 4.79 Å². The summed E-state index contributed by atoms with van der Waals surface area (Å²) in [6.07, 6.45) is 1.33. The van der Waals surface area contributed by atoms with Gasteiger partial charge in [0.15, 0.2) is 0 Å². The number of fused-ring (bicyclic) bond motifs is 1. The summed E-state index contributed by atoms with van der Waals surface area (Å²) in [5.74, 6) is 0.935. The van der Waals surface area contributed by atoms with E-state index in [-0.39, 0.29) is 30.1 Å². The minimum atomic E-state index is -0.0577. The van der Waals surface area contributed by atoms with Crippen LogP contribution in [0.2, 0.25) is 0 Å². The largest absolute Gasteiger partial charge is 0.506 e. The number of benzene rings is 1. The van der Waals surface area contributed by atoms with Crippen LogP contribution in [0, 0.1) is 18.8 Å².